The molecule has 1 aromatic carbocycles. The van der Waals surface area contributed by atoms with Gasteiger partial charge in [-0.15, -0.1) is 0 Å². The molecule has 0 unspecified atom stereocenters. The van der Waals surface area contributed by atoms with Crippen molar-refractivity contribution in [3.8, 4) is 0 Å². The molecular weight excluding hydrogens is 300 g/mol. The van der Waals surface area contributed by atoms with Gasteiger partial charge >= 0.3 is 0 Å². The molecule has 0 radical (unpaired) electrons. The lowest BCUT2D eigenvalue weighted by molar-refractivity contribution is 0.476. The van der Waals surface area contributed by atoms with Gasteiger partial charge in [-0.05, 0) is 24.5 Å². The molecule has 1 aliphatic heterocycles. The fourth-order valence-electron chi connectivity index (χ4n) is 2.64. The van der Waals surface area contributed by atoms with E-state index in [9.17, 15) is 13.2 Å². The number of sulfonamides is 1. The fourth-order valence-corrected chi connectivity index (χ4v) is 4.18. The van der Waals surface area contributed by atoms with Crippen LogP contribution in [0.5, 0.6) is 0 Å². The zero-order valence-electron chi connectivity index (χ0n) is 12.2. The highest BCUT2D eigenvalue weighted by molar-refractivity contribution is 7.89. The molecule has 2 aromatic rings. The number of nitrogens with zero attached hydrogens (tertiary/aromatic N) is 2. The molecule has 1 saturated heterocycles. The van der Waals surface area contributed by atoms with Crippen LogP contribution in [0.25, 0.3) is 0 Å². The van der Waals surface area contributed by atoms with Gasteiger partial charge in [-0.3, -0.25) is 4.79 Å². The van der Waals surface area contributed by atoms with Crippen LogP contribution < -0.4 is 5.56 Å². The summed E-state index contributed by atoms with van der Waals surface area (Å²) in [6.45, 7) is 1.48. The molecule has 0 spiro atoms. The molecule has 1 aromatic heterocycles. The van der Waals surface area contributed by atoms with Gasteiger partial charge in [0.1, 0.15) is 0 Å². The maximum Gasteiger partial charge on any atom is 0.250 e. The molecule has 2 heterocycles. The molecule has 0 aliphatic carbocycles. The molecule has 5 nitrogen and oxygen atoms in total. The average Bonchev–Trinajstić information content (AvgIpc) is 3.05. The second kappa shape index (κ2) is 6.06. The second-order valence-electron chi connectivity index (χ2n) is 5.43. The Morgan fingerprint density at radius 2 is 1.64 bits per heavy atom. The first-order valence-corrected chi connectivity index (χ1v) is 8.76. The van der Waals surface area contributed by atoms with E-state index < -0.39 is 10.0 Å². The van der Waals surface area contributed by atoms with Gasteiger partial charge < -0.3 is 4.57 Å². The third kappa shape index (κ3) is 2.98. The van der Waals surface area contributed by atoms with E-state index in [1.54, 1.807) is 0 Å². The van der Waals surface area contributed by atoms with Crippen molar-refractivity contribution in [2.24, 2.45) is 0 Å². The van der Waals surface area contributed by atoms with Crippen molar-refractivity contribution in [3.05, 3.63) is 64.6 Å². The Morgan fingerprint density at radius 1 is 0.955 bits per heavy atom. The van der Waals surface area contributed by atoms with E-state index in [-0.39, 0.29) is 10.5 Å². The normalized spacial score (nSPS) is 16.0. The Balaban J connectivity index is 1.94. The molecule has 22 heavy (non-hydrogen) atoms. The summed E-state index contributed by atoms with van der Waals surface area (Å²) in [5.74, 6) is 0. The zero-order valence-corrected chi connectivity index (χ0v) is 13.0. The SMILES string of the molecule is O=c1ccc(S(=O)(=O)N2CCCC2)cn1Cc1ccccc1. The van der Waals surface area contributed by atoms with Crippen LogP contribution in [-0.2, 0) is 16.6 Å². The van der Waals surface area contributed by atoms with Crippen LogP contribution in [0, 0.1) is 0 Å². The van der Waals surface area contributed by atoms with E-state index in [4.69, 9.17) is 0 Å². The maximum absolute atomic E-state index is 12.6. The van der Waals surface area contributed by atoms with Crippen LogP contribution in [0.15, 0.2) is 58.4 Å². The number of aromatic nitrogens is 1. The lowest BCUT2D eigenvalue weighted by Gasteiger charge is -2.16. The monoisotopic (exact) mass is 318 g/mol. The first-order valence-electron chi connectivity index (χ1n) is 7.32. The fraction of sp³-hybridized carbons (Fsp3) is 0.312. The van der Waals surface area contributed by atoms with Crippen molar-refractivity contribution in [2.75, 3.05) is 13.1 Å². The predicted octanol–water partition coefficient (Wildman–Crippen LogP) is 1.68. The summed E-state index contributed by atoms with van der Waals surface area (Å²) in [6.07, 6.45) is 3.23. The van der Waals surface area contributed by atoms with Crippen molar-refractivity contribution in [1.82, 2.24) is 8.87 Å². The summed E-state index contributed by atoms with van der Waals surface area (Å²) in [6, 6.07) is 12.2. The lowest BCUT2D eigenvalue weighted by Crippen LogP contribution is -2.29. The summed E-state index contributed by atoms with van der Waals surface area (Å²) >= 11 is 0. The van der Waals surface area contributed by atoms with Gasteiger partial charge in [0.15, 0.2) is 0 Å². The van der Waals surface area contributed by atoms with Crippen LogP contribution in [0.4, 0.5) is 0 Å². The van der Waals surface area contributed by atoms with E-state index in [1.807, 2.05) is 30.3 Å². The van der Waals surface area contributed by atoms with Crippen molar-refractivity contribution >= 4 is 10.0 Å². The average molecular weight is 318 g/mol. The lowest BCUT2D eigenvalue weighted by atomic mass is 10.2. The van der Waals surface area contributed by atoms with Gasteiger partial charge in [-0.2, -0.15) is 4.31 Å². The second-order valence-corrected chi connectivity index (χ2v) is 7.37. The van der Waals surface area contributed by atoms with Gasteiger partial charge in [0.2, 0.25) is 10.0 Å². The van der Waals surface area contributed by atoms with E-state index in [1.165, 1.54) is 27.2 Å². The molecule has 6 heteroatoms. The van der Waals surface area contributed by atoms with E-state index >= 15 is 0 Å². The third-order valence-electron chi connectivity index (χ3n) is 3.85. The number of rotatable bonds is 4. The summed E-state index contributed by atoms with van der Waals surface area (Å²) in [5, 5.41) is 0. The van der Waals surface area contributed by atoms with Crippen LogP contribution in [-0.4, -0.2) is 30.4 Å². The molecule has 116 valence electrons. The Hall–Kier alpha value is -1.92. The van der Waals surface area contributed by atoms with Gasteiger partial charge in [0.05, 0.1) is 11.4 Å². The molecule has 0 atom stereocenters. The highest BCUT2D eigenvalue weighted by atomic mass is 32.2. The van der Waals surface area contributed by atoms with Crippen molar-refractivity contribution in [1.29, 1.82) is 0 Å². The molecule has 1 aliphatic rings. The predicted molar refractivity (Wildman–Crippen MR) is 84.2 cm³/mol. The largest absolute Gasteiger partial charge is 0.310 e. The minimum Gasteiger partial charge on any atom is -0.310 e. The highest BCUT2D eigenvalue weighted by Crippen LogP contribution is 2.19. The molecule has 0 bridgehead atoms. The third-order valence-corrected chi connectivity index (χ3v) is 5.74. The Bertz CT molecular complexity index is 807. The highest BCUT2D eigenvalue weighted by Gasteiger charge is 2.27. The van der Waals surface area contributed by atoms with Crippen LogP contribution in [0.1, 0.15) is 18.4 Å². The van der Waals surface area contributed by atoms with Crippen molar-refractivity contribution in [3.63, 3.8) is 0 Å². The smallest absolute Gasteiger partial charge is 0.250 e. The van der Waals surface area contributed by atoms with Crippen LogP contribution in [0.3, 0.4) is 0 Å². The molecule has 0 N–H and O–H groups in total. The van der Waals surface area contributed by atoms with Gasteiger partial charge in [0, 0.05) is 25.4 Å². The number of pyridine rings is 1. The Morgan fingerprint density at radius 3 is 2.32 bits per heavy atom. The summed E-state index contributed by atoms with van der Waals surface area (Å²) < 4.78 is 28.1. The van der Waals surface area contributed by atoms with E-state index in [2.05, 4.69) is 0 Å². The summed E-state index contributed by atoms with van der Waals surface area (Å²) in [7, 11) is -3.50. The molecule has 1 fully saturated rings. The molecule has 3 rings (SSSR count). The molecule has 0 amide bonds. The standard InChI is InChI=1S/C16H18N2O3S/c19-16-9-8-15(22(20,21)18-10-4-5-11-18)13-17(16)12-14-6-2-1-3-7-14/h1-3,6-9,13H,4-5,10-12H2. The molecular formula is C16H18N2O3S. The van der Waals surface area contributed by atoms with Crippen LogP contribution >= 0.6 is 0 Å². The first-order chi connectivity index (χ1) is 10.6. The Labute approximate surface area is 129 Å². The minimum atomic E-state index is -3.50. The van der Waals surface area contributed by atoms with Crippen molar-refractivity contribution < 1.29 is 8.42 Å². The van der Waals surface area contributed by atoms with Gasteiger partial charge in [-0.25, -0.2) is 8.42 Å². The zero-order chi connectivity index (χ0) is 15.6. The quantitative estimate of drug-likeness (QED) is 0.862. The summed E-state index contributed by atoms with van der Waals surface area (Å²) in [5.41, 5.74) is 0.754. The minimum absolute atomic E-state index is 0.185. The summed E-state index contributed by atoms with van der Waals surface area (Å²) in [4.78, 5) is 12.2. The number of hydrogen-bond donors (Lipinski definition) is 0. The van der Waals surface area contributed by atoms with Crippen LogP contribution in [0.2, 0.25) is 0 Å². The first kappa shape index (κ1) is 15.0. The topological polar surface area (TPSA) is 59.4 Å². The molecule has 0 saturated carbocycles. The number of benzene rings is 1. The van der Waals surface area contributed by atoms with Crippen molar-refractivity contribution in [2.45, 2.75) is 24.3 Å². The number of hydrogen-bond acceptors (Lipinski definition) is 3. The van der Waals surface area contributed by atoms with Gasteiger partial charge in [0.25, 0.3) is 5.56 Å². The maximum atomic E-state index is 12.6. The van der Waals surface area contributed by atoms with E-state index in [0.29, 0.717) is 19.6 Å². The van der Waals surface area contributed by atoms with Gasteiger partial charge in [-0.1, -0.05) is 30.3 Å². The van der Waals surface area contributed by atoms with E-state index in [0.717, 1.165) is 18.4 Å². The Kier molecular flexibility index (Phi) is 4.13.